The number of amides is 1. The molecule has 1 aromatic heterocycles. The summed E-state index contributed by atoms with van der Waals surface area (Å²) in [4.78, 5) is 25.6. The molecule has 1 aliphatic heterocycles. The van der Waals surface area contributed by atoms with Crippen LogP contribution in [0.3, 0.4) is 0 Å². The van der Waals surface area contributed by atoms with E-state index >= 15 is 0 Å². The van der Waals surface area contributed by atoms with Gasteiger partial charge in [0.05, 0.1) is 0 Å². The topological polar surface area (TPSA) is 61.4 Å². The summed E-state index contributed by atoms with van der Waals surface area (Å²) in [6.45, 7) is 12.1. The summed E-state index contributed by atoms with van der Waals surface area (Å²) in [5, 5.41) is 3.04. The van der Waals surface area contributed by atoms with Gasteiger partial charge < -0.3 is 10.2 Å². The number of carbonyl (C=O) groups is 1. The first-order valence-corrected chi connectivity index (χ1v) is 10.1. The van der Waals surface area contributed by atoms with Gasteiger partial charge in [0.15, 0.2) is 0 Å². The fourth-order valence-electron chi connectivity index (χ4n) is 3.35. The zero-order valence-corrected chi connectivity index (χ0v) is 17.2. The smallest absolute Gasteiger partial charge is 0.251 e. The van der Waals surface area contributed by atoms with Crippen molar-refractivity contribution in [1.82, 2.24) is 20.2 Å². The molecule has 0 bridgehead atoms. The van der Waals surface area contributed by atoms with E-state index in [9.17, 15) is 4.79 Å². The molecule has 1 fully saturated rings. The fraction of sp³-hybridized carbons (Fsp3) is 0.500. The van der Waals surface area contributed by atoms with Crippen molar-refractivity contribution in [3.05, 3.63) is 53.9 Å². The number of anilines is 1. The number of aromatic nitrogens is 2. The van der Waals surface area contributed by atoms with Gasteiger partial charge in [-0.1, -0.05) is 32.9 Å². The third-order valence-corrected chi connectivity index (χ3v) is 5.16. The molecule has 0 saturated carbocycles. The molecule has 150 valence electrons. The van der Waals surface area contributed by atoms with Crippen LogP contribution in [0.4, 0.5) is 5.95 Å². The molecule has 0 spiro atoms. The molecule has 0 unspecified atom stereocenters. The van der Waals surface area contributed by atoms with E-state index in [4.69, 9.17) is 0 Å². The molecule has 0 radical (unpaired) electrons. The van der Waals surface area contributed by atoms with E-state index in [1.807, 2.05) is 30.3 Å². The Morgan fingerprint density at radius 2 is 1.68 bits per heavy atom. The normalized spacial score (nSPS) is 15.5. The van der Waals surface area contributed by atoms with Crippen LogP contribution in [0.25, 0.3) is 0 Å². The van der Waals surface area contributed by atoms with Crippen LogP contribution in [0.5, 0.6) is 0 Å². The van der Waals surface area contributed by atoms with Gasteiger partial charge in [0.25, 0.3) is 5.91 Å². The van der Waals surface area contributed by atoms with Gasteiger partial charge in [-0.3, -0.25) is 9.69 Å². The van der Waals surface area contributed by atoms with Crippen molar-refractivity contribution >= 4 is 11.9 Å². The Morgan fingerprint density at radius 3 is 2.29 bits per heavy atom. The van der Waals surface area contributed by atoms with Crippen molar-refractivity contribution in [3.8, 4) is 0 Å². The fourth-order valence-corrected chi connectivity index (χ4v) is 3.35. The number of nitrogens with one attached hydrogen (secondary N) is 1. The molecule has 0 atom stereocenters. The van der Waals surface area contributed by atoms with Gasteiger partial charge in [-0.2, -0.15) is 0 Å². The molecule has 2 heterocycles. The Hall–Kier alpha value is -2.47. The number of hydrogen-bond acceptors (Lipinski definition) is 5. The second-order valence-electron chi connectivity index (χ2n) is 8.31. The standard InChI is InChI=1S/C22H31N5O/c1-22(2,3)19-8-6-18(7-9-19)20(28)23-12-5-13-26-14-16-27(17-15-26)21-24-10-4-11-25-21/h4,6-11H,5,12-17H2,1-3H3,(H,23,28). The van der Waals surface area contributed by atoms with E-state index in [0.29, 0.717) is 6.54 Å². The van der Waals surface area contributed by atoms with Crippen LogP contribution in [0.2, 0.25) is 0 Å². The van der Waals surface area contributed by atoms with E-state index in [-0.39, 0.29) is 11.3 Å². The Bertz CT molecular complexity index is 747. The molecule has 1 aromatic carbocycles. The number of nitrogens with zero attached hydrogens (tertiary/aromatic N) is 4. The van der Waals surface area contributed by atoms with E-state index in [1.165, 1.54) is 5.56 Å². The van der Waals surface area contributed by atoms with Crippen LogP contribution in [0, 0.1) is 0 Å². The molecule has 1 N–H and O–H groups in total. The lowest BCUT2D eigenvalue weighted by atomic mass is 9.87. The molecule has 2 aromatic rings. The van der Waals surface area contributed by atoms with Gasteiger partial charge in [-0.05, 0) is 42.1 Å². The van der Waals surface area contributed by atoms with Crippen molar-refractivity contribution < 1.29 is 4.79 Å². The minimum Gasteiger partial charge on any atom is -0.352 e. The number of benzene rings is 1. The van der Waals surface area contributed by atoms with E-state index in [1.54, 1.807) is 12.4 Å². The summed E-state index contributed by atoms with van der Waals surface area (Å²) in [6.07, 6.45) is 4.52. The maximum absolute atomic E-state index is 12.3. The van der Waals surface area contributed by atoms with Crippen LogP contribution in [0.1, 0.15) is 43.1 Å². The molecule has 1 aliphatic rings. The van der Waals surface area contributed by atoms with Crippen molar-refractivity contribution in [2.75, 3.05) is 44.2 Å². The molecule has 6 heteroatoms. The second-order valence-corrected chi connectivity index (χ2v) is 8.31. The molecule has 1 amide bonds. The minimum atomic E-state index is 0.00602. The molecule has 0 aliphatic carbocycles. The summed E-state index contributed by atoms with van der Waals surface area (Å²) in [6, 6.07) is 9.77. The maximum atomic E-state index is 12.3. The van der Waals surface area contributed by atoms with Crippen LogP contribution in [-0.2, 0) is 5.41 Å². The van der Waals surface area contributed by atoms with E-state index in [2.05, 4.69) is 45.9 Å². The highest BCUT2D eigenvalue weighted by Crippen LogP contribution is 2.22. The third-order valence-electron chi connectivity index (χ3n) is 5.16. The quantitative estimate of drug-likeness (QED) is 0.780. The van der Waals surface area contributed by atoms with Gasteiger partial charge >= 0.3 is 0 Å². The highest BCUT2D eigenvalue weighted by molar-refractivity contribution is 5.94. The average Bonchev–Trinajstić information content (AvgIpc) is 2.71. The molecule has 1 saturated heterocycles. The van der Waals surface area contributed by atoms with E-state index in [0.717, 1.165) is 50.7 Å². The van der Waals surface area contributed by atoms with Gasteiger partial charge in [-0.15, -0.1) is 0 Å². The van der Waals surface area contributed by atoms with Gasteiger partial charge in [-0.25, -0.2) is 9.97 Å². The second kappa shape index (κ2) is 9.15. The zero-order valence-electron chi connectivity index (χ0n) is 17.2. The first-order valence-electron chi connectivity index (χ1n) is 10.1. The predicted molar refractivity (Wildman–Crippen MR) is 113 cm³/mol. The number of piperazine rings is 1. The number of rotatable bonds is 6. The largest absolute Gasteiger partial charge is 0.352 e. The van der Waals surface area contributed by atoms with Crippen LogP contribution in [0.15, 0.2) is 42.7 Å². The third kappa shape index (κ3) is 5.52. The summed E-state index contributed by atoms with van der Waals surface area (Å²) >= 11 is 0. The lowest BCUT2D eigenvalue weighted by molar-refractivity contribution is 0.0951. The molecular weight excluding hydrogens is 350 g/mol. The van der Waals surface area contributed by atoms with Gasteiger partial charge in [0, 0.05) is 50.7 Å². The van der Waals surface area contributed by atoms with Crippen molar-refractivity contribution in [3.63, 3.8) is 0 Å². The lowest BCUT2D eigenvalue weighted by Crippen LogP contribution is -2.47. The van der Waals surface area contributed by atoms with Crippen molar-refractivity contribution in [2.45, 2.75) is 32.6 Å². The summed E-state index contributed by atoms with van der Waals surface area (Å²) in [5.74, 6) is 0.818. The summed E-state index contributed by atoms with van der Waals surface area (Å²) in [5.41, 5.74) is 2.07. The van der Waals surface area contributed by atoms with Crippen molar-refractivity contribution in [1.29, 1.82) is 0 Å². The van der Waals surface area contributed by atoms with Crippen LogP contribution >= 0.6 is 0 Å². The number of carbonyl (C=O) groups excluding carboxylic acids is 1. The Morgan fingerprint density at radius 1 is 1.04 bits per heavy atom. The predicted octanol–water partition coefficient (Wildman–Crippen LogP) is 2.72. The highest BCUT2D eigenvalue weighted by atomic mass is 16.1. The average molecular weight is 382 g/mol. The summed E-state index contributed by atoms with van der Waals surface area (Å²) in [7, 11) is 0. The first-order chi connectivity index (χ1) is 13.4. The van der Waals surface area contributed by atoms with Crippen LogP contribution in [-0.4, -0.2) is 60.0 Å². The molecule has 3 rings (SSSR count). The molecule has 28 heavy (non-hydrogen) atoms. The Labute approximate surface area is 168 Å². The maximum Gasteiger partial charge on any atom is 0.251 e. The molecule has 6 nitrogen and oxygen atoms in total. The van der Waals surface area contributed by atoms with Crippen LogP contribution < -0.4 is 10.2 Å². The minimum absolute atomic E-state index is 0.00602. The first kappa shape index (κ1) is 20.3. The summed E-state index contributed by atoms with van der Waals surface area (Å²) < 4.78 is 0. The number of hydrogen-bond donors (Lipinski definition) is 1. The zero-order chi connectivity index (χ0) is 20.0. The monoisotopic (exact) mass is 381 g/mol. The van der Waals surface area contributed by atoms with Gasteiger partial charge in [0.2, 0.25) is 5.95 Å². The Kier molecular flexibility index (Phi) is 6.62. The van der Waals surface area contributed by atoms with E-state index < -0.39 is 0 Å². The SMILES string of the molecule is CC(C)(C)c1ccc(C(=O)NCCCN2CCN(c3ncccn3)CC2)cc1. The Balaban J connectivity index is 1.35. The highest BCUT2D eigenvalue weighted by Gasteiger charge is 2.18. The lowest BCUT2D eigenvalue weighted by Gasteiger charge is -2.34. The molecular formula is C22H31N5O. The van der Waals surface area contributed by atoms with Gasteiger partial charge in [0.1, 0.15) is 0 Å². The van der Waals surface area contributed by atoms with Crippen molar-refractivity contribution in [2.24, 2.45) is 0 Å².